The summed E-state index contributed by atoms with van der Waals surface area (Å²) in [7, 11) is 0. The number of terminal acetylenes is 1. The largest absolute Gasteiger partial charge is 0.444 e. The molecule has 0 aliphatic rings. The van der Waals surface area contributed by atoms with Crippen LogP contribution < -0.4 is 16.4 Å². The molecule has 0 saturated heterocycles. The van der Waals surface area contributed by atoms with Crippen LogP contribution in [0, 0.1) is 12.3 Å². The van der Waals surface area contributed by atoms with Gasteiger partial charge in [-0.1, -0.05) is 42.5 Å². The van der Waals surface area contributed by atoms with Crippen molar-refractivity contribution in [2.75, 3.05) is 5.32 Å². The maximum atomic E-state index is 12.0. The molecule has 3 rings (SSSR count). The Kier molecular flexibility index (Phi) is 9.01. The number of hydrogen-bond donors (Lipinski definition) is 3. The predicted octanol–water partition coefficient (Wildman–Crippen LogP) is 5.33. The molecule has 0 radical (unpaired) electrons. The molecule has 0 aliphatic carbocycles. The number of ether oxygens (including phenoxy) is 1. The number of nitrogens with zero attached hydrogens (tertiary/aromatic N) is 2. The Bertz CT molecular complexity index is 1400. The number of carbonyl (C=O) groups is 2. The van der Waals surface area contributed by atoms with Crippen molar-refractivity contribution in [2.24, 2.45) is 10.7 Å². The van der Waals surface area contributed by atoms with Gasteiger partial charge in [-0.15, -0.1) is 6.42 Å². The zero-order valence-electron chi connectivity index (χ0n) is 21.9. The summed E-state index contributed by atoms with van der Waals surface area (Å²) >= 11 is 0. The lowest BCUT2D eigenvalue weighted by Crippen LogP contribution is -2.31. The second-order valence-corrected chi connectivity index (χ2v) is 9.55. The average molecular weight is 510 g/mol. The molecule has 38 heavy (non-hydrogen) atoms. The number of allylic oxidation sites excluding steroid dienone is 1. The molecule has 8 nitrogen and oxygen atoms in total. The summed E-state index contributed by atoms with van der Waals surface area (Å²) in [5.41, 5.74) is 10.2. The SMILES string of the molecule is C#CC(=O)Nc1ccc(-c2cc(Cc3ccccc3)cc(N=C(N)/C=C(/C)NC(=O)OC(C)(C)C)n2)cc1. The van der Waals surface area contributed by atoms with Crippen LogP contribution in [0.2, 0.25) is 0 Å². The molecule has 0 aliphatic heterocycles. The van der Waals surface area contributed by atoms with Gasteiger partial charge in [0.2, 0.25) is 0 Å². The summed E-state index contributed by atoms with van der Waals surface area (Å²) < 4.78 is 5.26. The predicted molar refractivity (Wildman–Crippen MR) is 151 cm³/mol. The first-order valence-electron chi connectivity index (χ1n) is 12.0. The van der Waals surface area contributed by atoms with Gasteiger partial charge >= 0.3 is 6.09 Å². The van der Waals surface area contributed by atoms with Crippen LogP contribution in [0.5, 0.6) is 0 Å². The monoisotopic (exact) mass is 509 g/mol. The minimum absolute atomic E-state index is 0.168. The first-order valence-corrected chi connectivity index (χ1v) is 12.0. The Labute approximate surface area is 223 Å². The quantitative estimate of drug-likeness (QED) is 0.226. The third-order valence-electron chi connectivity index (χ3n) is 5.00. The van der Waals surface area contributed by atoms with E-state index in [9.17, 15) is 9.59 Å². The highest BCUT2D eigenvalue weighted by molar-refractivity contribution is 6.03. The lowest BCUT2D eigenvalue weighted by atomic mass is 10.0. The van der Waals surface area contributed by atoms with Crippen molar-refractivity contribution in [2.45, 2.75) is 39.7 Å². The summed E-state index contributed by atoms with van der Waals surface area (Å²) in [5.74, 6) is 2.09. The Morgan fingerprint density at radius 1 is 1.08 bits per heavy atom. The highest BCUT2D eigenvalue weighted by Gasteiger charge is 2.16. The van der Waals surface area contributed by atoms with E-state index in [4.69, 9.17) is 16.9 Å². The zero-order chi connectivity index (χ0) is 27.7. The second-order valence-electron chi connectivity index (χ2n) is 9.55. The van der Waals surface area contributed by atoms with Gasteiger partial charge in [-0.3, -0.25) is 10.1 Å². The second kappa shape index (κ2) is 12.4. The third kappa shape index (κ3) is 8.95. The van der Waals surface area contributed by atoms with Crippen LogP contribution in [0.25, 0.3) is 11.3 Å². The number of amidine groups is 1. The van der Waals surface area contributed by atoms with Crippen LogP contribution in [0.4, 0.5) is 16.3 Å². The van der Waals surface area contributed by atoms with Crippen molar-refractivity contribution in [3.63, 3.8) is 0 Å². The van der Waals surface area contributed by atoms with Gasteiger partial charge in [-0.2, -0.15) is 0 Å². The van der Waals surface area contributed by atoms with Crippen LogP contribution in [0.1, 0.15) is 38.8 Å². The highest BCUT2D eigenvalue weighted by atomic mass is 16.6. The van der Waals surface area contributed by atoms with E-state index in [0.29, 0.717) is 29.3 Å². The molecule has 0 bridgehead atoms. The number of pyridine rings is 1. The normalized spacial score (nSPS) is 11.9. The van der Waals surface area contributed by atoms with Crippen LogP contribution in [0.15, 0.2) is 83.5 Å². The summed E-state index contributed by atoms with van der Waals surface area (Å²) in [6, 6.07) is 21.1. The molecule has 3 aromatic rings. The fourth-order valence-corrected chi connectivity index (χ4v) is 3.49. The number of alkyl carbamates (subject to hydrolysis) is 1. The number of nitrogens with one attached hydrogen (secondary N) is 2. The number of hydrogen-bond acceptors (Lipinski definition) is 5. The smallest absolute Gasteiger partial charge is 0.411 e. The number of benzene rings is 2. The van der Waals surface area contributed by atoms with Gasteiger partial charge in [0.05, 0.1) is 5.69 Å². The zero-order valence-corrected chi connectivity index (χ0v) is 21.9. The van der Waals surface area contributed by atoms with Crippen LogP contribution >= 0.6 is 0 Å². The maximum Gasteiger partial charge on any atom is 0.411 e. The molecule has 4 N–H and O–H groups in total. The molecule has 2 aromatic carbocycles. The minimum atomic E-state index is -0.616. The molecule has 2 amide bonds. The number of anilines is 1. The fourth-order valence-electron chi connectivity index (χ4n) is 3.49. The molecule has 194 valence electrons. The van der Waals surface area contributed by atoms with Crippen molar-refractivity contribution in [3.05, 3.63) is 89.6 Å². The summed E-state index contributed by atoms with van der Waals surface area (Å²) in [5, 5.41) is 5.25. The number of aliphatic imine (C=N–C) groups is 1. The molecule has 0 atom stereocenters. The number of carbonyl (C=O) groups excluding carboxylic acids is 2. The van der Waals surface area contributed by atoms with Gasteiger partial charge < -0.3 is 15.8 Å². The molecule has 1 aromatic heterocycles. The van der Waals surface area contributed by atoms with Crippen molar-refractivity contribution in [1.29, 1.82) is 0 Å². The molecule has 0 spiro atoms. The standard InChI is InChI=1S/C30H31N5O3/c1-6-28(36)33-24-14-12-23(13-15-24)25-18-22(17-21-10-8-7-9-11-21)19-27(34-25)35-26(31)16-20(2)32-29(37)38-30(3,4)5/h1,7-16,18-19H,17H2,2-5H3,(H,32,37)(H,33,36)(H2,31,34,35)/b20-16-. The molecule has 0 unspecified atom stereocenters. The Morgan fingerprint density at radius 2 is 1.76 bits per heavy atom. The number of rotatable bonds is 7. The molecule has 1 heterocycles. The van der Waals surface area contributed by atoms with E-state index in [1.165, 1.54) is 6.08 Å². The van der Waals surface area contributed by atoms with Crippen molar-refractivity contribution in [3.8, 4) is 23.6 Å². The van der Waals surface area contributed by atoms with E-state index in [1.54, 1.807) is 39.8 Å². The summed E-state index contributed by atoms with van der Waals surface area (Å²) in [6.07, 6.45) is 6.76. The highest BCUT2D eigenvalue weighted by Crippen LogP contribution is 2.25. The van der Waals surface area contributed by atoms with Gasteiger partial charge in [-0.05, 0) is 81.5 Å². The van der Waals surface area contributed by atoms with Crippen molar-refractivity contribution in [1.82, 2.24) is 10.3 Å². The van der Waals surface area contributed by atoms with Crippen LogP contribution in [-0.4, -0.2) is 28.4 Å². The lowest BCUT2D eigenvalue weighted by Gasteiger charge is -2.19. The molecule has 0 saturated carbocycles. The topological polar surface area (TPSA) is 119 Å². The van der Waals surface area contributed by atoms with Gasteiger partial charge in [0, 0.05) is 16.9 Å². The summed E-state index contributed by atoms with van der Waals surface area (Å²) in [4.78, 5) is 32.7. The first-order chi connectivity index (χ1) is 18.0. The van der Waals surface area contributed by atoms with Gasteiger partial charge in [0.15, 0.2) is 5.82 Å². The van der Waals surface area contributed by atoms with E-state index in [0.717, 1.165) is 16.7 Å². The van der Waals surface area contributed by atoms with E-state index in [-0.39, 0.29) is 5.84 Å². The van der Waals surface area contributed by atoms with Crippen molar-refractivity contribution >= 4 is 29.3 Å². The Balaban J connectivity index is 1.91. The van der Waals surface area contributed by atoms with Crippen molar-refractivity contribution < 1.29 is 14.3 Å². The average Bonchev–Trinajstić information content (AvgIpc) is 2.83. The van der Waals surface area contributed by atoms with Crippen LogP contribution in [0.3, 0.4) is 0 Å². The van der Waals surface area contributed by atoms with Crippen LogP contribution in [-0.2, 0) is 16.0 Å². The fraction of sp³-hybridized carbons (Fsp3) is 0.200. The molecule has 8 heteroatoms. The first kappa shape index (κ1) is 27.7. The molecule has 0 fully saturated rings. The minimum Gasteiger partial charge on any atom is -0.444 e. The molecular formula is C30H31N5O3. The summed E-state index contributed by atoms with van der Waals surface area (Å²) in [6.45, 7) is 7.05. The van der Waals surface area contributed by atoms with Gasteiger partial charge in [0.25, 0.3) is 5.91 Å². The van der Waals surface area contributed by atoms with Gasteiger partial charge in [-0.25, -0.2) is 14.8 Å². The van der Waals surface area contributed by atoms with E-state index in [2.05, 4.69) is 32.7 Å². The lowest BCUT2D eigenvalue weighted by molar-refractivity contribution is -0.111. The Hall–Kier alpha value is -4.90. The van der Waals surface area contributed by atoms with Gasteiger partial charge in [0.1, 0.15) is 11.4 Å². The molecular weight excluding hydrogens is 478 g/mol. The number of nitrogens with two attached hydrogens (primary N) is 1. The van der Waals surface area contributed by atoms with E-state index < -0.39 is 17.6 Å². The van der Waals surface area contributed by atoms with E-state index >= 15 is 0 Å². The van der Waals surface area contributed by atoms with E-state index in [1.807, 2.05) is 48.4 Å². The number of aromatic nitrogens is 1. The number of amides is 2. The third-order valence-corrected chi connectivity index (χ3v) is 5.00. The Morgan fingerprint density at radius 3 is 2.39 bits per heavy atom. The maximum absolute atomic E-state index is 12.0.